The highest BCUT2D eigenvalue weighted by molar-refractivity contribution is 5.89. The first kappa shape index (κ1) is 15.6. The van der Waals surface area contributed by atoms with Crippen molar-refractivity contribution >= 4 is 5.97 Å². The minimum atomic E-state index is -6.68. The molecule has 0 bridgehead atoms. The molecule has 0 amide bonds. The van der Waals surface area contributed by atoms with E-state index in [1.54, 1.807) is 0 Å². The number of allylic oxidation sites excluding steroid dienone is 1. The van der Waals surface area contributed by atoms with Crippen LogP contribution in [0.15, 0.2) is 11.4 Å². The number of hydrogen-bond acceptors (Lipinski definition) is 1. The van der Waals surface area contributed by atoms with Crippen LogP contribution in [0.2, 0.25) is 0 Å². The van der Waals surface area contributed by atoms with Crippen LogP contribution in [0.4, 0.5) is 39.5 Å². The summed E-state index contributed by atoms with van der Waals surface area (Å²) in [5, 5.41) is 7.79. The number of carboxylic acids is 1. The molecule has 0 fully saturated rings. The molecule has 0 radical (unpaired) electrons. The maximum atomic E-state index is 12.4. The van der Waals surface area contributed by atoms with Gasteiger partial charge in [0.1, 0.15) is 0 Å². The minimum absolute atomic E-state index is 3.28. The molecule has 0 aromatic heterocycles. The van der Waals surface area contributed by atoms with Crippen molar-refractivity contribution in [2.24, 2.45) is 0 Å². The van der Waals surface area contributed by atoms with Gasteiger partial charge in [0, 0.05) is 0 Å². The first-order valence-electron chi connectivity index (χ1n) is 3.38. The number of halogens is 9. The molecular formula is C6HF9O2. The summed E-state index contributed by atoms with van der Waals surface area (Å²) in [6, 6.07) is 0. The zero-order chi connectivity index (χ0) is 14.2. The Bertz CT molecular complexity index is 347. The lowest BCUT2D eigenvalue weighted by molar-refractivity contribution is -0.272. The van der Waals surface area contributed by atoms with Gasteiger partial charge in [-0.1, -0.05) is 0 Å². The molecule has 0 aliphatic rings. The van der Waals surface area contributed by atoms with E-state index in [0.717, 1.165) is 0 Å². The van der Waals surface area contributed by atoms with E-state index in [2.05, 4.69) is 0 Å². The predicted molar refractivity (Wildman–Crippen MR) is 32.8 cm³/mol. The van der Waals surface area contributed by atoms with Crippen molar-refractivity contribution in [2.45, 2.75) is 18.3 Å². The second kappa shape index (κ2) is 4.11. The van der Waals surface area contributed by atoms with Crippen LogP contribution in [0.25, 0.3) is 0 Å². The number of hydrogen-bond donors (Lipinski definition) is 1. The third kappa shape index (κ3) is 3.03. The second-order valence-electron chi connectivity index (χ2n) is 2.56. The van der Waals surface area contributed by atoms with E-state index in [4.69, 9.17) is 5.11 Å². The molecule has 17 heavy (non-hydrogen) atoms. The Balaban J connectivity index is 5.94. The molecule has 0 atom stereocenters. The number of alkyl halides is 8. The Morgan fingerprint density at radius 3 is 1.41 bits per heavy atom. The molecule has 0 rings (SSSR count). The first-order chi connectivity index (χ1) is 7.23. The van der Waals surface area contributed by atoms with Gasteiger partial charge in [0.05, 0.1) is 0 Å². The van der Waals surface area contributed by atoms with Crippen molar-refractivity contribution in [3.05, 3.63) is 11.4 Å². The standard InChI is InChI=1S/C6HF9O2/c7-2(4(8,9)6(13,14)15)1(3(16)17)5(10,11)12/h(H,16,17). The van der Waals surface area contributed by atoms with E-state index in [-0.39, 0.29) is 0 Å². The van der Waals surface area contributed by atoms with Gasteiger partial charge in [-0.15, -0.1) is 0 Å². The molecule has 0 aliphatic carbocycles. The Morgan fingerprint density at radius 1 is 0.882 bits per heavy atom. The van der Waals surface area contributed by atoms with E-state index in [1.807, 2.05) is 0 Å². The largest absolute Gasteiger partial charge is 0.478 e. The fraction of sp³-hybridized carbons (Fsp3) is 0.500. The third-order valence-corrected chi connectivity index (χ3v) is 1.35. The molecule has 0 saturated carbocycles. The molecule has 0 aliphatic heterocycles. The van der Waals surface area contributed by atoms with Crippen LogP contribution in [0, 0.1) is 0 Å². The fourth-order valence-electron chi connectivity index (χ4n) is 0.621. The van der Waals surface area contributed by atoms with Gasteiger partial charge in [0.25, 0.3) is 0 Å². The summed E-state index contributed by atoms with van der Waals surface area (Å²) in [5.74, 6) is -13.9. The van der Waals surface area contributed by atoms with E-state index >= 15 is 0 Å². The Hall–Kier alpha value is -1.42. The Labute approximate surface area is 86.3 Å². The maximum absolute atomic E-state index is 12.4. The topological polar surface area (TPSA) is 37.3 Å². The van der Waals surface area contributed by atoms with Crippen LogP contribution in [0.1, 0.15) is 0 Å². The lowest BCUT2D eigenvalue weighted by Crippen LogP contribution is -2.40. The van der Waals surface area contributed by atoms with Gasteiger partial charge in [-0.2, -0.15) is 35.1 Å². The molecule has 0 aromatic rings. The van der Waals surface area contributed by atoms with Crippen molar-refractivity contribution in [1.29, 1.82) is 0 Å². The van der Waals surface area contributed by atoms with E-state index < -0.39 is 35.6 Å². The van der Waals surface area contributed by atoms with Crippen LogP contribution in [0.5, 0.6) is 0 Å². The van der Waals surface area contributed by atoms with Crippen LogP contribution in [0.3, 0.4) is 0 Å². The fourth-order valence-corrected chi connectivity index (χ4v) is 0.621. The Morgan fingerprint density at radius 2 is 1.24 bits per heavy atom. The average Bonchev–Trinajstić information content (AvgIpc) is 1.97. The summed E-state index contributed by atoms with van der Waals surface area (Å²) in [6.45, 7) is 0. The lowest BCUT2D eigenvalue weighted by Gasteiger charge is -2.19. The highest BCUT2D eigenvalue weighted by Crippen LogP contribution is 2.45. The zero-order valence-corrected chi connectivity index (χ0v) is 7.26. The number of carbonyl (C=O) groups is 1. The minimum Gasteiger partial charge on any atom is -0.478 e. The normalized spacial score (nSPS) is 15.6. The summed E-state index contributed by atoms with van der Waals surface area (Å²) < 4.78 is 106. The molecule has 1 N–H and O–H groups in total. The summed E-state index contributed by atoms with van der Waals surface area (Å²) >= 11 is 0. The summed E-state index contributed by atoms with van der Waals surface area (Å²) in [6.07, 6.45) is -12.9. The molecule has 0 aromatic carbocycles. The highest BCUT2D eigenvalue weighted by atomic mass is 19.4. The first-order valence-corrected chi connectivity index (χ1v) is 3.38. The lowest BCUT2D eigenvalue weighted by atomic mass is 10.1. The summed E-state index contributed by atoms with van der Waals surface area (Å²) in [7, 11) is 0. The molecule has 0 saturated heterocycles. The molecule has 2 nitrogen and oxygen atoms in total. The van der Waals surface area contributed by atoms with Crippen molar-refractivity contribution in [3.8, 4) is 0 Å². The predicted octanol–water partition coefficient (Wildman–Crippen LogP) is 3.05. The smallest absolute Gasteiger partial charge is 0.460 e. The molecular weight excluding hydrogens is 275 g/mol. The van der Waals surface area contributed by atoms with Crippen LogP contribution < -0.4 is 0 Å². The number of rotatable bonds is 2. The van der Waals surface area contributed by atoms with Gasteiger partial charge >= 0.3 is 24.2 Å². The van der Waals surface area contributed by atoms with Gasteiger partial charge in [-0.3, -0.25) is 0 Å². The van der Waals surface area contributed by atoms with Gasteiger partial charge in [0.15, 0.2) is 11.4 Å². The molecule has 11 heteroatoms. The zero-order valence-electron chi connectivity index (χ0n) is 7.26. The SMILES string of the molecule is O=C(O)C(=C(F)C(F)(F)C(F)(F)F)C(F)(F)F. The second-order valence-corrected chi connectivity index (χ2v) is 2.56. The van der Waals surface area contributed by atoms with Gasteiger partial charge in [-0.05, 0) is 0 Å². The molecule has 0 heterocycles. The monoisotopic (exact) mass is 276 g/mol. The summed E-state index contributed by atoms with van der Waals surface area (Å²) in [4.78, 5) is 9.84. The van der Waals surface area contributed by atoms with Crippen molar-refractivity contribution in [3.63, 3.8) is 0 Å². The van der Waals surface area contributed by atoms with E-state index in [0.29, 0.717) is 0 Å². The molecule has 0 unspecified atom stereocenters. The third-order valence-electron chi connectivity index (χ3n) is 1.35. The molecule has 100 valence electrons. The van der Waals surface area contributed by atoms with E-state index in [9.17, 15) is 44.3 Å². The van der Waals surface area contributed by atoms with E-state index in [1.165, 1.54) is 0 Å². The van der Waals surface area contributed by atoms with Crippen molar-refractivity contribution in [1.82, 2.24) is 0 Å². The van der Waals surface area contributed by atoms with Gasteiger partial charge < -0.3 is 5.11 Å². The number of carboxylic acid groups (broad SMARTS) is 1. The van der Waals surface area contributed by atoms with Gasteiger partial charge in [0.2, 0.25) is 0 Å². The van der Waals surface area contributed by atoms with Crippen molar-refractivity contribution in [2.75, 3.05) is 0 Å². The van der Waals surface area contributed by atoms with Crippen LogP contribution in [-0.2, 0) is 4.79 Å². The average molecular weight is 276 g/mol. The highest BCUT2D eigenvalue weighted by Gasteiger charge is 2.64. The van der Waals surface area contributed by atoms with Crippen LogP contribution in [-0.4, -0.2) is 29.4 Å². The summed E-state index contributed by atoms with van der Waals surface area (Å²) in [5.41, 5.74) is -3.60. The van der Waals surface area contributed by atoms with Crippen LogP contribution >= 0.6 is 0 Å². The van der Waals surface area contributed by atoms with Gasteiger partial charge in [-0.25, -0.2) is 9.18 Å². The van der Waals surface area contributed by atoms with Crippen molar-refractivity contribution < 1.29 is 49.4 Å². The quantitative estimate of drug-likeness (QED) is 0.621. The Kier molecular flexibility index (Phi) is 3.77. The number of aliphatic carboxylic acids is 1. The molecule has 0 spiro atoms. The maximum Gasteiger partial charge on any atom is 0.460 e.